The fraction of sp³-hybridized carbons (Fsp3) is 0.429. The summed E-state index contributed by atoms with van der Waals surface area (Å²) in [6.45, 7) is 1.81. The lowest BCUT2D eigenvalue weighted by Gasteiger charge is -2.26. The summed E-state index contributed by atoms with van der Waals surface area (Å²) in [6.07, 6.45) is 3.21. The van der Waals surface area contributed by atoms with E-state index in [-0.39, 0.29) is 11.4 Å². The zero-order valence-electron chi connectivity index (χ0n) is 11.3. The Balaban J connectivity index is 2.08. The number of nitrogens with one attached hydrogen (secondary N) is 1. The fourth-order valence-electron chi connectivity index (χ4n) is 2.08. The predicted molar refractivity (Wildman–Crippen MR) is 78.1 cm³/mol. The quantitative estimate of drug-likeness (QED) is 0.804. The maximum absolute atomic E-state index is 12.2. The zero-order chi connectivity index (χ0) is 14.4. The minimum absolute atomic E-state index is 0.251. The third-order valence-corrected chi connectivity index (χ3v) is 4.50. The molecule has 1 aliphatic heterocycles. The predicted octanol–water partition coefficient (Wildman–Crippen LogP) is 0.676. The van der Waals surface area contributed by atoms with Gasteiger partial charge in [-0.1, -0.05) is 18.3 Å². The molecule has 108 valence electrons. The Morgan fingerprint density at radius 1 is 1.15 bits per heavy atom. The van der Waals surface area contributed by atoms with E-state index < -0.39 is 10.0 Å². The van der Waals surface area contributed by atoms with Crippen LogP contribution < -0.4 is 10.6 Å². The Bertz CT molecular complexity index is 594. The van der Waals surface area contributed by atoms with Crippen LogP contribution in [0.1, 0.15) is 24.8 Å². The van der Waals surface area contributed by atoms with Crippen LogP contribution in [-0.2, 0) is 10.0 Å². The molecular formula is C14H19N3O2S. The minimum atomic E-state index is -3.49. The number of sulfonamides is 1. The van der Waals surface area contributed by atoms with Crippen molar-refractivity contribution in [3.63, 3.8) is 0 Å². The lowest BCUT2D eigenvalue weighted by Crippen LogP contribution is -2.44. The van der Waals surface area contributed by atoms with E-state index in [1.165, 1.54) is 0 Å². The molecule has 0 saturated carbocycles. The molecule has 1 aliphatic rings. The van der Waals surface area contributed by atoms with Crippen LogP contribution in [0.4, 0.5) is 0 Å². The van der Waals surface area contributed by atoms with Gasteiger partial charge in [-0.15, -0.1) is 4.83 Å². The van der Waals surface area contributed by atoms with E-state index >= 15 is 0 Å². The molecule has 0 aliphatic carbocycles. The largest absolute Gasteiger partial charge is 0.320 e. The molecule has 0 atom stereocenters. The van der Waals surface area contributed by atoms with Crippen LogP contribution in [0.2, 0.25) is 0 Å². The van der Waals surface area contributed by atoms with Gasteiger partial charge in [0.05, 0.1) is 11.4 Å². The smallest absolute Gasteiger partial charge is 0.253 e. The maximum Gasteiger partial charge on any atom is 0.253 e. The third-order valence-electron chi connectivity index (χ3n) is 3.10. The SMILES string of the molecule is NCC#Cc1ccc(S(=O)(=O)NN2CCCCC2)cc1. The van der Waals surface area contributed by atoms with Gasteiger partial charge in [0.2, 0.25) is 0 Å². The zero-order valence-corrected chi connectivity index (χ0v) is 12.1. The van der Waals surface area contributed by atoms with Crippen molar-refractivity contribution in [1.82, 2.24) is 9.84 Å². The molecule has 1 aromatic carbocycles. The van der Waals surface area contributed by atoms with Gasteiger partial charge in [0.1, 0.15) is 0 Å². The highest BCUT2D eigenvalue weighted by Crippen LogP contribution is 2.13. The second kappa shape index (κ2) is 6.86. The summed E-state index contributed by atoms with van der Waals surface area (Å²) in [5.74, 6) is 5.60. The summed E-state index contributed by atoms with van der Waals surface area (Å²) in [5, 5.41) is 1.76. The molecule has 0 radical (unpaired) electrons. The Kier molecular flexibility index (Phi) is 5.15. The summed E-state index contributed by atoms with van der Waals surface area (Å²) in [5.41, 5.74) is 6.05. The first-order chi connectivity index (χ1) is 9.62. The van der Waals surface area contributed by atoms with Crippen LogP contribution in [-0.4, -0.2) is 33.1 Å². The Morgan fingerprint density at radius 2 is 1.80 bits per heavy atom. The highest BCUT2D eigenvalue weighted by atomic mass is 32.2. The summed E-state index contributed by atoms with van der Waals surface area (Å²) >= 11 is 0. The molecule has 0 unspecified atom stereocenters. The van der Waals surface area contributed by atoms with Crippen LogP contribution in [0.3, 0.4) is 0 Å². The van der Waals surface area contributed by atoms with E-state index in [4.69, 9.17) is 5.73 Å². The van der Waals surface area contributed by atoms with Crippen LogP contribution >= 0.6 is 0 Å². The van der Waals surface area contributed by atoms with Gasteiger partial charge >= 0.3 is 0 Å². The average molecular weight is 293 g/mol. The fourth-order valence-corrected chi connectivity index (χ4v) is 3.20. The van der Waals surface area contributed by atoms with E-state index in [2.05, 4.69) is 16.7 Å². The molecule has 20 heavy (non-hydrogen) atoms. The van der Waals surface area contributed by atoms with Crippen molar-refractivity contribution in [1.29, 1.82) is 0 Å². The normalized spacial score (nSPS) is 16.4. The molecule has 0 amide bonds. The molecule has 5 nitrogen and oxygen atoms in total. The summed E-state index contributed by atoms with van der Waals surface area (Å²) in [7, 11) is -3.49. The van der Waals surface area contributed by atoms with Crippen molar-refractivity contribution in [2.75, 3.05) is 19.6 Å². The first-order valence-electron chi connectivity index (χ1n) is 6.68. The number of rotatable bonds is 3. The van der Waals surface area contributed by atoms with Crippen LogP contribution in [0.5, 0.6) is 0 Å². The van der Waals surface area contributed by atoms with E-state index in [0.29, 0.717) is 0 Å². The van der Waals surface area contributed by atoms with Gasteiger partial charge in [0.25, 0.3) is 10.0 Å². The molecule has 1 heterocycles. The summed E-state index contributed by atoms with van der Waals surface area (Å²) in [6, 6.07) is 6.50. The van der Waals surface area contributed by atoms with Crippen LogP contribution in [0, 0.1) is 11.8 Å². The average Bonchev–Trinajstić information content (AvgIpc) is 2.46. The molecule has 0 bridgehead atoms. The maximum atomic E-state index is 12.2. The van der Waals surface area contributed by atoms with E-state index in [1.54, 1.807) is 29.3 Å². The summed E-state index contributed by atoms with van der Waals surface area (Å²) in [4.78, 5) is 2.87. The topological polar surface area (TPSA) is 75.4 Å². The number of nitrogens with zero attached hydrogens (tertiary/aromatic N) is 1. The third kappa shape index (κ3) is 4.05. The van der Waals surface area contributed by atoms with Gasteiger partial charge in [-0.25, -0.2) is 13.4 Å². The van der Waals surface area contributed by atoms with Crippen molar-refractivity contribution < 1.29 is 8.42 Å². The highest BCUT2D eigenvalue weighted by Gasteiger charge is 2.19. The molecule has 1 saturated heterocycles. The van der Waals surface area contributed by atoms with Gasteiger partial charge < -0.3 is 5.73 Å². The van der Waals surface area contributed by atoms with Crippen molar-refractivity contribution in [3.05, 3.63) is 29.8 Å². The number of hydrogen-bond acceptors (Lipinski definition) is 4. The lowest BCUT2D eigenvalue weighted by atomic mass is 10.2. The highest BCUT2D eigenvalue weighted by molar-refractivity contribution is 7.89. The van der Waals surface area contributed by atoms with Gasteiger partial charge in [-0.2, -0.15) is 0 Å². The van der Waals surface area contributed by atoms with Gasteiger partial charge in [-0.05, 0) is 37.1 Å². The molecule has 1 fully saturated rings. The molecular weight excluding hydrogens is 274 g/mol. The summed E-state index contributed by atoms with van der Waals surface area (Å²) < 4.78 is 24.4. The van der Waals surface area contributed by atoms with Crippen molar-refractivity contribution >= 4 is 10.0 Å². The van der Waals surface area contributed by atoms with E-state index in [9.17, 15) is 8.42 Å². The number of nitrogens with two attached hydrogens (primary N) is 1. The van der Waals surface area contributed by atoms with Gasteiger partial charge in [-0.3, -0.25) is 0 Å². The van der Waals surface area contributed by atoms with Gasteiger partial charge in [0.15, 0.2) is 0 Å². The van der Waals surface area contributed by atoms with Gasteiger partial charge in [0, 0.05) is 18.7 Å². The molecule has 1 aromatic rings. The lowest BCUT2D eigenvalue weighted by molar-refractivity contribution is 0.200. The van der Waals surface area contributed by atoms with Crippen molar-refractivity contribution in [2.45, 2.75) is 24.2 Å². The number of hydrazine groups is 1. The Hall–Kier alpha value is -1.39. The first-order valence-corrected chi connectivity index (χ1v) is 8.16. The minimum Gasteiger partial charge on any atom is -0.320 e. The second-order valence-corrected chi connectivity index (χ2v) is 6.33. The van der Waals surface area contributed by atoms with Crippen LogP contribution in [0.25, 0.3) is 0 Å². The Labute approximate surface area is 120 Å². The molecule has 0 aromatic heterocycles. The number of benzene rings is 1. The second-order valence-electron chi connectivity index (χ2n) is 4.67. The van der Waals surface area contributed by atoms with Crippen molar-refractivity contribution in [3.8, 4) is 11.8 Å². The first kappa shape index (κ1) is 15.0. The Morgan fingerprint density at radius 3 is 2.40 bits per heavy atom. The molecule has 6 heteroatoms. The van der Waals surface area contributed by atoms with Crippen LogP contribution in [0.15, 0.2) is 29.2 Å². The van der Waals surface area contributed by atoms with E-state index in [1.807, 2.05) is 0 Å². The monoisotopic (exact) mass is 293 g/mol. The molecule has 0 spiro atoms. The van der Waals surface area contributed by atoms with E-state index in [0.717, 1.165) is 37.9 Å². The molecule has 2 rings (SSSR count). The molecule has 3 N–H and O–H groups in total. The number of hydrogen-bond donors (Lipinski definition) is 2. The van der Waals surface area contributed by atoms with Crippen molar-refractivity contribution in [2.24, 2.45) is 5.73 Å². The standard InChI is InChI=1S/C14H19N3O2S/c15-10-4-5-13-6-8-14(9-7-13)20(18,19)16-17-11-2-1-3-12-17/h6-9,16H,1-3,10-12,15H2. The number of piperidine rings is 1.